The van der Waals surface area contributed by atoms with Crippen molar-refractivity contribution in [2.45, 2.75) is 127 Å². The molecule has 2 spiro atoms. The second-order valence-electron chi connectivity index (χ2n) is 17.7. The van der Waals surface area contributed by atoms with Gasteiger partial charge in [-0.25, -0.2) is 14.8 Å². The number of nitrogens with zero attached hydrogens (tertiary/aromatic N) is 3. The van der Waals surface area contributed by atoms with E-state index in [-0.39, 0.29) is 29.0 Å². The zero-order valence-electron chi connectivity index (χ0n) is 33.1. The lowest BCUT2D eigenvalue weighted by atomic mass is 9.73. The summed E-state index contributed by atoms with van der Waals surface area (Å²) in [6.07, 6.45) is 5.78. The van der Waals surface area contributed by atoms with Crippen molar-refractivity contribution in [3.63, 3.8) is 0 Å². The number of piperidine rings is 2. The van der Waals surface area contributed by atoms with Crippen molar-refractivity contribution in [1.82, 2.24) is 29.6 Å². The molecule has 53 heavy (non-hydrogen) atoms. The Balaban J connectivity index is 1.06. The Hall–Kier alpha value is -2.33. The van der Waals surface area contributed by atoms with E-state index in [2.05, 4.69) is 20.8 Å². The summed E-state index contributed by atoms with van der Waals surface area (Å²) in [4.78, 5) is 25.0. The summed E-state index contributed by atoms with van der Waals surface area (Å²) in [5.41, 5.74) is 3.10. The number of hydrogen-bond acceptors (Lipinski definition) is 11. The summed E-state index contributed by atoms with van der Waals surface area (Å²) in [6.45, 7) is 16.7. The third-order valence-electron chi connectivity index (χ3n) is 12.1. The van der Waals surface area contributed by atoms with Gasteiger partial charge in [0, 0.05) is 65.2 Å². The lowest BCUT2D eigenvalue weighted by molar-refractivity contribution is -0.00755. The van der Waals surface area contributed by atoms with E-state index >= 15 is 0 Å². The molecule has 1 amide bonds. The Labute approximate surface area is 322 Å². The van der Waals surface area contributed by atoms with Gasteiger partial charge in [0.2, 0.25) is 11.8 Å². The second kappa shape index (κ2) is 15.3. The van der Waals surface area contributed by atoms with Crippen molar-refractivity contribution in [2.24, 2.45) is 10.8 Å². The number of carbonyl (C=O) groups is 1. The molecular weight excluding hydrogens is 713 g/mol. The molecule has 14 heteroatoms. The van der Waals surface area contributed by atoms with Crippen LogP contribution in [0.15, 0.2) is 24.3 Å². The molecule has 2 unspecified atom stereocenters. The predicted octanol–water partition coefficient (Wildman–Crippen LogP) is 5.62. The third kappa shape index (κ3) is 8.44. The molecule has 4 heterocycles. The standard InChI is InChI=1S/C39H60N6O6S2/c1-35(2,3)52(47)43-33-27-11-13-31(50-9)42-29(27)25-39(33)18-22-45(23-19-39)34(46)51-36(4,5)14-15-37(6,7)53(48)44-32-26-10-12-30(49-8)41-28(26)24-38(32)16-20-40-21-17-38/h10-13,32-33,40,43-44H,14-25H2,1-9H3/t32-,33-,52?,53?/m1/s1. The molecule has 4 atom stereocenters. The first-order valence-electron chi connectivity index (χ1n) is 19.0. The normalized spacial score (nSPS) is 23.4. The van der Waals surface area contributed by atoms with E-state index in [1.54, 1.807) is 19.1 Å². The molecule has 0 saturated carbocycles. The van der Waals surface area contributed by atoms with Gasteiger partial charge in [0.25, 0.3) is 0 Å². The van der Waals surface area contributed by atoms with Gasteiger partial charge in [-0.15, -0.1) is 9.44 Å². The quantitative estimate of drug-likeness (QED) is 0.244. The number of hydrogen-bond donors (Lipinski definition) is 3. The van der Waals surface area contributed by atoms with Crippen molar-refractivity contribution in [3.8, 4) is 11.8 Å². The minimum Gasteiger partial charge on any atom is -0.598 e. The molecule has 294 valence electrons. The van der Waals surface area contributed by atoms with Gasteiger partial charge in [-0.2, -0.15) is 0 Å². The number of likely N-dealkylation sites (tertiary alicyclic amines) is 1. The number of ether oxygens (including phenoxy) is 3. The summed E-state index contributed by atoms with van der Waals surface area (Å²) in [5.74, 6) is 1.17. The molecule has 3 N–H and O–H groups in total. The van der Waals surface area contributed by atoms with Crippen LogP contribution in [0.4, 0.5) is 4.79 Å². The van der Waals surface area contributed by atoms with Crippen LogP contribution in [-0.4, -0.2) is 85.6 Å². The summed E-state index contributed by atoms with van der Waals surface area (Å²) >= 11 is -2.65. The van der Waals surface area contributed by atoms with Gasteiger partial charge >= 0.3 is 6.09 Å². The average Bonchev–Trinajstić information content (AvgIpc) is 3.56. The fourth-order valence-corrected chi connectivity index (χ4v) is 10.7. The minimum absolute atomic E-state index is 0.0507. The Morgan fingerprint density at radius 1 is 0.811 bits per heavy atom. The molecule has 2 fully saturated rings. The molecule has 2 saturated heterocycles. The van der Waals surface area contributed by atoms with E-state index in [9.17, 15) is 13.9 Å². The van der Waals surface area contributed by atoms with Crippen molar-refractivity contribution in [3.05, 3.63) is 46.8 Å². The van der Waals surface area contributed by atoms with E-state index in [1.807, 2.05) is 66.7 Å². The third-order valence-corrected chi connectivity index (χ3v) is 15.3. The highest BCUT2D eigenvalue weighted by atomic mass is 32.2. The molecule has 2 aliphatic heterocycles. The lowest BCUT2D eigenvalue weighted by Gasteiger charge is -2.44. The fourth-order valence-electron chi connectivity index (χ4n) is 8.52. The highest BCUT2D eigenvalue weighted by Crippen LogP contribution is 2.53. The van der Waals surface area contributed by atoms with E-state index < -0.39 is 37.8 Å². The van der Waals surface area contributed by atoms with Crippen molar-refractivity contribution in [2.75, 3.05) is 40.4 Å². The Bertz CT molecular complexity index is 1620. The summed E-state index contributed by atoms with van der Waals surface area (Å²) in [5, 5.41) is 3.48. The van der Waals surface area contributed by atoms with Gasteiger partial charge in [0.1, 0.15) is 15.1 Å². The van der Waals surface area contributed by atoms with E-state index in [4.69, 9.17) is 24.2 Å². The number of rotatable bonds is 11. The number of carbonyl (C=O) groups excluding carboxylic acids is 1. The van der Waals surface area contributed by atoms with Gasteiger partial charge in [-0.3, -0.25) is 0 Å². The molecule has 0 aromatic carbocycles. The van der Waals surface area contributed by atoms with Crippen LogP contribution in [0, 0.1) is 10.8 Å². The van der Waals surface area contributed by atoms with Crippen LogP contribution in [-0.2, 0) is 40.3 Å². The first-order chi connectivity index (χ1) is 24.9. The summed E-state index contributed by atoms with van der Waals surface area (Å²) < 4.78 is 50.5. The van der Waals surface area contributed by atoms with Crippen LogP contribution < -0.4 is 24.2 Å². The monoisotopic (exact) mass is 772 g/mol. The number of nitrogens with one attached hydrogen (secondary N) is 3. The largest absolute Gasteiger partial charge is 0.598 e. The summed E-state index contributed by atoms with van der Waals surface area (Å²) in [6, 6.07) is 7.65. The Morgan fingerprint density at radius 2 is 1.30 bits per heavy atom. The van der Waals surface area contributed by atoms with Gasteiger partial charge in [0.05, 0.1) is 37.7 Å². The highest BCUT2D eigenvalue weighted by Gasteiger charge is 2.53. The maximum absolute atomic E-state index is 14.1. The van der Waals surface area contributed by atoms with Crippen LogP contribution in [0.1, 0.15) is 122 Å². The molecule has 12 nitrogen and oxygen atoms in total. The molecule has 2 aromatic rings. The van der Waals surface area contributed by atoms with Crippen LogP contribution in [0.3, 0.4) is 0 Å². The zero-order chi connectivity index (χ0) is 38.4. The van der Waals surface area contributed by atoms with Crippen LogP contribution in [0.25, 0.3) is 0 Å². The lowest BCUT2D eigenvalue weighted by Crippen LogP contribution is -2.51. The second-order valence-corrected chi connectivity index (χ2v) is 21.6. The summed E-state index contributed by atoms with van der Waals surface area (Å²) in [7, 11) is 3.25. The van der Waals surface area contributed by atoms with Crippen LogP contribution in [0.2, 0.25) is 0 Å². The Kier molecular flexibility index (Phi) is 11.7. The molecule has 0 radical (unpaired) electrons. The van der Waals surface area contributed by atoms with E-state index in [1.165, 1.54) is 0 Å². The van der Waals surface area contributed by atoms with Crippen molar-refractivity contribution in [1.29, 1.82) is 0 Å². The average molecular weight is 773 g/mol. The number of amides is 1. The molecule has 4 aliphatic rings. The smallest absolute Gasteiger partial charge is 0.410 e. The Morgan fingerprint density at radius 3 is 1.79 bits per heavy atom. The first-order valence-corrected chi connectivity index (χ1v) is 21.3. The van der Waals surface area contributed by atoms with Crippen molar-refractivity contribution < 1.29 is 28.1 Å². The van der Waals surface area contributed by atoms with Gasteiger partial charge in [-0.05, 0) is 118 Å². The highest BCUT2D eigenvalue weighted by molar-refractivity contribution is 7.91. The molecule has 2 aromatic heterocycles. The topological polar surface area (TPSA) is 156 Å². The number of aromatic nitrogens is 2. The van der Waals surface area contributed by atoms with Crippen LogP contribution in [0.5, 0.6) is 11.8 Å². The van der Waals surface area contributed by atoms with Crippen LogP contribution >= 0.6 is 0 Å². The van der Waals surface area contributed by atoms with Crippen molar-refractivity contribution >= 4 is 28.8 Å². The molecule has 0 bridgehead atoms. The van der Waals surface area contributed by atoms with Gasteiger partial charge in [-0.1, -0.05) is 12.1 Å². The fraction of sp³-hybridized carbons (Fsp3) is 0.718. The predicted molar refractivity (Wildman–Crippen MR) is 208 cm³/mol. The zero-order valence-corrected chi connectivity index (χ0v) is 34.7. The van der Waals surface area contributed by atoms with E-state index in [0.717, 1.165) is 74.1 Å². The minimum atomic E-state index is -1.37. The SMILES string of the molecule is COc1ccc2c(n1)CC1(CCN(C(=O)OC(C)(C)CCC(C)(C)[S+]([O-])N[C@@H]3c4ccc(OC)nc4CC34CCNCC4)CC1)[C@@H]2N[S+]([O-])C(C)(C)C. The maximum atomic E-state index is 14.1. The maximum Gasteiger partial charge on any atom is 0.410 e. The molecular formula is C39H60N6O6S2. The van der Waals surface area contributed by atoms with E-state index in [0.29, 0.717) is 37.7 Å². The number of methoxy groups -OCH3 is 2. The number of fused-ring (bicyclic) bond motifs is 2. The number of pyridine rings is 2. The first kappa shape index (κ1) is 40.3. The molecule has 2 aliphatic carbocycles. The van der Waals surface area contributed by atoms with Gasteiger partial charge < -0.3 is 33.5 Å². The van der Waals surface area contributed by atoms with Gasteiger partial charge in [0.15, 0.2) is 0 Å². The molecule has 6 rings (SSSR count).